The van der Waals surface area contributed by atoms with Crippen molar-refractivity contribution in [2.45, 2.75) is 0 Å². The molecule has 0 rings (SSSR count). The van der Waals surface area contributed by atoms with E-state index in [9.17, 15) is 0 Å². The molecular formula is FeO3YZr. The maximum absolute atomic E-state index is 8.38. The molecule has 0 aromatic rings. The van der Waals surface area contributed by atoms with Crippen molar-refractivity contribution in [1.82, 2.24) is 0 Å². The molecule has 0 radical (unpaired) electrons. The first-order valence-electron chi connectivity index (χ1n) is 0.584. The van der Waals surface area contributed by atoms with Crippen molar-refractivity contribution >= 4 is 0 Å². The van der Waals surface area contributed by atoms with Crippen LogP contribution in [0.4, 0.5) is 0 Å². The third-order valence-electron chi connectivity index (χ3n) is 0. The van der Waals surface area contributed by atoms with E-state index < -0.39 is 0 Å². The van der Waals surface area contributed by atoms with Gasteiger partial charge in [-0.25, -0.2) is 0 Å². The molecule has 6 heavy (non-hydrogen) atoms. The van der Waals surface area contributed by atoms with Crippen molar-refractivity contribution in [2.75, 3.05) is 0 Å². The van der Waals surface area contributed by atoms with Crippen LogP contribution in [-0.2, 0) is 80.4 Å². The fourth-order valence-corrected chi connectivity index (χ4v) is 0. The zero-order chi connectivity index (χ0) is 6.00. The molecule has 0 aliphatic carbocycles. The molecule has 0 atom stereocenters. The summed E-state index contributed by atoms with van der Waals surface area (Å²) in [6.07, 6.45) is 0. The Hall–Kier alpha value is 1.91. The van der Waals surface area contributed by atoms with Gasteiger partial charge in [-0.3, -0.25) is 0 Å². The summed E-state index contributed by atoms with van der Waals surface area (Å²) < 4.78 is 24.7. The molecule has 6 heteroatoms. The summed E-state index contributed by atoms with van der Waals surface area (Å²) in [7, 11) is 0. The molecule has 0 spiro atoms. The molecule has 0 saturated carbocycles. The molecule has 0 heterocycles. The van der Waals surface area contributed by atoms with Gasteiger partial charge in [0.1, 0.15) is 0 Å². The quantitative estimate of drug-likeness (QED) is 0.571. The molecular weight excluding hydrogens is 284 g/mol. The van der Waals surface area contributed by atoms with Crippen LogP contribution in [0, 0.1) is 0 Å². The van der Waals surface area contributed by atoms with E-state index in [2.05, 4.69) is 0 Å². The molecule has 0 fully saturated rings. The Labute approximate surface area is 79.0 Å². The van der Waals surface area contributed by atoms with Gasteiger partial charge in [0, 0.05) is 0 Å². The van der Waals surface area contributed by atoms with Gasteiger partial charge in [0.15, 0.2) is 0 Å². The first-order chi connectivity index (χ1) is 3.00. The molecule has 0 aromatic heterocycles. The summed E-state index contributed by atoms with van der Waals surface area (Å²) in [5, 5.41) is 0. The van der Waals surface area contributed by atoms with Gasteiger partial charge >= 0.3 is 80.4 Å². The molecule has 0 amide bonds. The van der Waals surface area contributed by atoms with Crippen LogP contribution >= 0.6 is 0 Å². The van der Waals surface area contributed by atoms with E-state index in [0.29, 0.717) is 24.7 Å². The topological polar surface area (TPSA) is 51.2 Å². The van der Waals surface area contributed by atoms with Gasteiger partial charge in [0.25, 0.3) is 0 Å². The second kappa shape index (κ2) is 66.3. The summed E-state index contributed by atoms with van der Waals surface area (Å²) in [5.41, 5.74) is 0. The Morgan fingerprint density at radius 1 is 1.17 bits per heavy atom. The summed E-state index contributed by atoms with van der Waals surface area (Å²) in [6, 6.07) is 0. The Kier molecular flexibility index (Phi) is 173. The van der Waals surface area contributed by atoms with Crippen LogP contribution in [0.15, 0.2) is 0 Å². The summed E-state index contributed by atoms with van der Waals surface area (Å²) >= 11 is 2.40. The van der Waals surface area contributed by atoms with Gasteiger partial charge in [-0.05, 0) is 0 Å². The van der Waals surface area contributed by atoms with Gasteiger partial charge < -0.3 is 0 Å². The third-order valence-corrected chi connectivity index (χ3v) is 0. The molecule has 0 aliphatic heterocycles. The third kappa shape index (κ3) is 39.1. The minimum absolute atomic E-state index is 0.100. The van der Waals surface area contributed by atoms with Gasteiger partial charge in [-0.2, -0.15) is 0 Å². The van der Waals surface area contributed by atoms with Crippen LogP contribution in [0.2, 0.25) is 0 Å². The average Bonchev–Trinajstić information content (AvgIpc) is 1.81. The standard InChI is InChI=1S/Fe.3O.Y.Zr. The van der Waals surface area contributed by atoms with Crippen LogP contribution in [0.3, 0.4) is 0 Å². The SMILES string of the molecule is [O]=[Fe].[O]=[Y].[O]=[Zr]. The minimum atomic E-state index is 0.100. The van der Waals surface area contributed by atoms with E-state index in [0.717, 1.165) is 0 Å². The van der Waals surface area contributed by atoms with Crippen LogP contribution < -0.4 is 0 Å². The first-order valence-corrected chi connectivity index (χ1v) is 3.20. The van der Waals surface area contributed by atoms with Crippen molar-refractivity contribution in [3.63, 3.8) is 0 Å². The number of hydrogen-bond donors (Lipinski definition) is 0. The van der Waals surface area contributed by atoms with Crippen LogP contribution in [0.5, 0.6) is 0 Å². The van der Waals surface area contributed by atoms with E-state index in [-0.39, 0.29) is 31.0 Å². The van der Waals surface area contributed by atoms with Gasteiger partial charge in [-0.15, -0.1) is 0 Å². The number of rotatable bonds is 0. The van der Waals surface area contributed by atoms with Crippen molar-refractivity contribution in [3.05, 3.63) is 0 Å². The predicted molar refractivity (Wildman–Crippen MR) is 2.06 cm³/mol. The predicted octanol–water partition coefficient (Wildman–Crippen LogP) is -0.364. The molecule has 0 unspecified atom stereocenters. The fourth-order valence-electron chi connectivity index (χ4n) is 0. The van der Waals surface area contributed by atoms with Crippen molar-refractivity contribution < 1.29 is 80.4 Å². The average molecular weight is 284 g/mol. The second-order valence-corrected chi connectivity index (χ2v) is 0. The molecule has 0 aliphatic rings. The molecule has 0 bridgehead atoms. The van der Waals surface area contributed by atoms with Crippen LogP contribution in [0.1, 0.15) is 0 Å². The van der Waals surface area contributed by atoms with E-state index in [1.807, 2.05) is 15.9 Å². The van der Waals surface area contributed by atoms with Gasteiger partial charge in [-0.1, -0.05) is 0 Å². The van der Waals surface area contributed by atoms with Crippen LogP contribution in [-0.4, -0.2) is 0 Å². The van der Waals surface area contributed by atoms with E-state index >= 15 is 0 Å². The fraction of sp³-hybridized carbons (Fsp3) is 0. The molecule has 0 N–H and O–H groups in total. The van der Waals surface area contributed by atoms with Gasteiger partial charge in [0.05, 0.1) is 0 Å². The maximum atomic E-state index is 8.38. The second-order valence-electron chi connectivity index (χ2n) is 0. The molecule has 33 valence electrons. The van der Waals surface area contributed by atoms with Crippen molar-refractivity contribution in [3.8, 4) is 0 Å². The zero-order valence-electron chi connectivity index (χ0n) is 2.66. The van der Waals surface area contributed by atoms with E-state index in [1.165, 1.54) is 0 Å². The molecule has 3 nitrogen and oxygen atoms in total. The monoisotopic (exact) mass is 283 g/mol. The number of hydrogen-bond acceptors (Lipinski definition) is 3. The summed E-state index contributed by atoms with van der Waals surface area (Å²) in [5.74, 6) is 0. The Balaban J connectivity index is -0.0000000225. The Bertz CT molecular complexity index is 15.5. The Morgan fingerprint density at radius 3 is 1.17 bits per heavy atom. The van der Waals surface area contributed by atoms with Crippen molar-refractivity contribution in [2.24, 2.45) is 0 Å². The van der Waals surface area contributed by atoms with Gasteiger partial charge in [0.2, 0.25) is 0 Å². The zero-order valence-corrected chi connectivity index (χ0v) is 9.06. The molecule has 0 saturated heterocycles. The van der Waals surface area contributed by atoms with E-state index in [4.69, 9.17) is 8.69 Å². The summed E-state index contributed by atoms with van der Waals surface area (Å²) in [6.45, 7) is 0. The van der Waals surface area contributed by atoms with E-state index in [1.54, 1.807) is 0 Å². The van der Waals surface area contributed by atoms with Crippen molar-refractivity contribution in [1.29, 1.82) is 0 Å². The molecule has 0 aromatic carbocycles. The normalized spacial score (nSPS) is 2.33. The summed E-state index contributed by atoms with van der Waals surface area (Å²) in [4.78, 5) is 0. The first kappa shape index (κ1) is 15.7. The van der Waals surface area contributed by atoms with Crippen LogP contribution in [0.25, 0.3) is 0 Å². The Morgan fingerprint density at radius 2 is 1.17 bits per heavy atom.